The maximum Gasteiger partial charge on any atom is 0.212 e. The zero-order valence-corrected chi connectivity index (χ0v) is 8.46. The van der Waals surface area contributed by atoms with Gasteiger partial charge >= 0.3 is 0 Å². The molecule has 0 heterocycles. The van der Waals surface area contributed by atoms with E-state index in [1.807, 2.05) is 0 Å². The van der Waals surface area contributed by atoms with Crippen molar-refractivity contribution >= 4 is 21.8 Å². The van der Waals surface area contributed by atoms with Crippen LogP contribution in [-0.4, -0.2) is 38.8 Å². The minimum absolute atomic E-state index is 0.0378. The van der Waals surface area contributed by atoms with Crippen molar-refractivity contribution in [2.75, 3.05) is 30.3 Å². The monoisotopic (exact) mass is 210 g/mol. The first-order chi connectivity index (χ1) is 5.62. The summed E-state index contributed by atoms with van der Waals surface area (Å²) in [7, 11) is -3.15. The number of nitrogens with two attached hydrogens (primary N) is 1. The second-order valence-electron chi connectivity index (χ2n) is 2.07. The summed E-state index contributed by atoms with van der Waals surface area (Å²) in [6, 6.07) is 0. The van der Waals surface area contributed by atoms with Gasteiger partial charge in [0, 0.05) is 24.6 Å². The Kier molecular flexibility index (Phi) is 6.83. The van der Waals surface area contributed by atoms with Crippen LogP contribution in [0.15, 0.2) is 0 Å². The van der Waals surface area contributed by atoms with Crippen molar-refractivity contribution in [3.63, 3.8) is 0 Å². The topological polar surface area (TPSA) is 72.2 Å². The second-order valence-corrected chi connectivity index (χ2v) is 5.22. The van der Waals surface area contributed by atoms with Gasteiger partial charge in [0.15, 0.2) is 0 Å². The lowest BCUT2D eigenvalue weighted by Crippen LogP contribution is -2.27. The molecule has 0 atom stereocenters. The Labute approximate surface area is 78.3 Å². The Bertz CT molecular complexity index is 192. The fraction of sp³-hybridized carbons (Fsp3) is 0.833. The lowest BCUT2D eigenvalue weighted by atomic mass is 10.8. The van der Waals surface area contributed by atoms with E-state index in [2.05, 4.69) is 4.72 Å². The van der Waals surface area contributed by atoms with Gasteiger partial charge in [-0.05, 0) is 6.92 Å². The molecule has 72 valence electrons. The van der Waals surface area contributed by atoms with E-state index in [4.69, 9.17) is 12.7 Å². The van der Waals surface area contributed by atoms with Crippen molar-refractivity contribution < 1.29 is 8.42 Å². The molecule has 0 bridgehead atoms. The van der Waals surface area contributed by atoms with E-state index in [1.165, 1.54) is 11.8 Å². The average molecular weight is 210 g/mol. The molecule has 0 rings (SSSR count). The zero-order chi connectivity index (χ0) is 9.45. The largest absolute Gasteiger partial charge is 0.330 e. The maximum absolute atomic E-state index is 11.0. The molecule has 2 radical (unpaired) electrons. The highest BCUT2D eigenvalue weighted by molar-refractivity contribution is 8.00. The van der Waals surface area contributed by atoms with Gasteiger partial charge in [-0.25, -0.2) is 13.1 Å². The Morgan fingerprint density at radius 2 is 2.08 bits per heavy atom. The molecule has 0 saturated carbocycles. The highest BCUT2D eigenvalue weighted by Gasteiger charge is 2.06. The third-order valence-electron chi connectivity index (χ3n) is 1.06. The number of sulfonamides is 1. The molecule has 0 aromatic carbocycles. The first kappa shape index (κ1) is 12.2. The van der Waals surface area contributed by atoms with E-state index in [0.717, 1.165) is 5.75 Å². The molecule has 0 aliphatic carbocycles. The molecule has 3 N–H and O–H groups in total. The molecule has 0 aliphatic rings. The first-order valence-corrected chi connectivity index (χ1v) is 6.38. The molecular formula is C6H14N2O2S2. The van der Waals surface area contributed by atoms with E-state index >= 15 is 0 Å². The third-order valence-corrected chi connectivity index (χ3v) is 3.69. The van der Waals surface area contributed by atoms with Crippen molar-refractivity contribution in [2.45, 2.75) is 0 Å². The Morgan fingerprint density at radius 3 is 2.58 bits per heavy atom. The van der Waals surface area contributed by atoms with Crippen LogP contribution in [0.4, 0.5) is 0 Å². The summed E-state index contributed by atoms with van der Waals surface area (Å²) in [6.45, 7) is 5.57. The van der Waals surface area contributed by atoms with Crippen molar-refractivity contribution in [1.29, 1.82) is 0 Å². The van der Waals surface area contributed by atoms with E-state index in [1.54, 1.807) is 0 Å². The summed E-state index contributed by atoms with van der Waals surface area (Å²) >= 11 is 1.52. The Morgan fingerprint density at radius 1 is 1.42 bits per heavy atom. The summed E-state index contributed by atoms with van der Waals surface area (Å²) in [5.74, 6) is 1.46. The molecule has 0 amide bonds. The smallest absolute Gasteiger partial charge is 0.212 e. The summed E-state index contributed by atoms with van der Waals surface area (Å²) < 4.78 is 24.1. The molecule has 12 heavy (non-hydrogen) atoms. The van der Waals surface area contributed by atoms with Gasteiger partial charge in [-0.1, -0.05) is 0 Å². The first-order valence-electron chi connectivity index (χ1n) is 3.57. The lowest BCUT2D eigenvalue weighted by molar-refractivity contribution is 0.587. The fourth-order valence-electron chi connectivity index (χ4n) is 0.553. The minimum Gasteiger partial charge on any atom is -0.330 e. The molecule has 6 heteroatoms. The summed E-state index contributed by atoms with van der Waals surface area (Å²) in [6.07, 6.45) is 0. The van der Waals surface area contributed by atoms with E-state index in [9.17, 15) is 8.42 Å². The fourth-order valence-corrected chi connectivity index (χ4v) is 2.67. The Balaban J connectivity index is 3.48. The van der Waals surface area contributed by atoms with Gasteiger partial charge in [0.05, 0.1) is 5.75 Å². The number of thioether (sulfide) groups is 1. The molecule has 0 spiro atoms. The van der Waals surface area contributed by atoms with Gasteiger partial charge in [-0.15, -0.1) is 0 Å². The van der Waals surface area contributed by atoms with Gasteiger partial charge in [0.2, 0.25) is 10.0 Å². The van der Waals surface area contributed by atoms with Crippen LogP contribution in [0, 0.1) is 6.92 Å². The van der Waals surface area contributed by atoms with Crippen LogP contribution in [0.25, 0.3) is 0 Å². The summed E-state index contributed by atoms with van der Waals surface area (Å²) in [5, 5.41) is 0. The van der Waals surface area contributed by atoms with Crippen LogP contribution in [0.1, 0.15) is 0 Å². The van der Waals surface area contributed by atoms with Crippen LogP contribution in [0.2, 0.25) is 0 Å². The molecule has 4 nitrogen and oxygen atoms in total. The van der Waals surface area contributed by atoms with Gasteiger partial charge < -0.3 is 5.73 Å². The molecule has 0 unspecified atom stereocenters. The normalized spacial score (nSPS) is 11.8. The molecule has 0 fully saturated rings. The van der Waals surface area contributed by atoms with Crippen molar-refractivity contribution in [3.8, 4) is 0 Å². The van der Waals surface area contributed by atoms with Gasteiger partial charge in [-0.3, -0.25) is 0 Å². The Hall–Kier alpha value is 0.220. The third kappa shape index (κ3) is 6.90. The maximum atomic E-state index is 11.0. The zero-order valence-electron chi connectivity index (χ0n) is 6.82. The average Bonchev–Trinajstić information content (AvgIpc) is 1.98. The van der Waals surface area contributed by atoms with E-state index < -0.39 is 10.0 Å². The summed E-state index contributed by atoms with van der Waals surface area (Å²) in [4.78, 5) is 0. The van der Waals surface area contributed by atoms with Crippen molar-refractivity contribution in [2.24, 2.45) is 5.73 Å². The van der Waals surface area contributed by atoms with Crippen LogP contribution >= 0.6 is 11.8 Å². The SMILES string of the molecule is [CH]CNS(=O)(=O)CCSCCN. The standard InChI is InChI=1S/C6H14N2O2S2/c1-2-8-12(9,10)6-5-11-4-3-7/h1,8H,2-7H2. The molecule has 0 saturated heterocycles. The van der Waals surface area contributed by atoms with Crippen LogP contribution in [0.5, 0.6) is 0 Å². The van der Waals surface area contributed by atoms with Crippen molar-refractivity contribution in [3.05, 3.63) is 6.92 Å². The quantitative estimate of drug-likeness (QED) is 0.546. The number of nitrogens with one attached hydrogen (secondary N) is 1. The number of hydrogen-bond donors (Lipinski definition) is 2. The molecule has 0 aliphatic heterocycles. The molecular weight excluding hydrogens is 196 g/mol. The highest BCUT2D eigenvalue weighted by atomic mass is 32.2. The van der Waals surface area contributed by atoms with Crippen LogP contribution < -0.4 is 10.5 Å². The highest BCUT2D eigenvalue weighted by Crippen LogP contribution is 1.99. The van der Waals surface area contributed by atoms with E-state index in [-0.39, 0.29) is 12.3 Å². The van der Waals surface area contributed by atoms with Gasteiger partial charge in [0.25, 0.3) is 0 Å². The lowest BCUT2D eigenvalue weighted by Gasteiger charge is -2.02. The van der Waals surface area contributed by atoms with Crippen LogP contribution in [-0.2, 0) is 10.0 Å². The molecule has 0 aromatic heterocycles. The predicted molar refractivity (Wildman–Crippen MR) is 52.5 cm³/mol. The number of rotatable bonds is 7. The minimum atomic E-state index is -3.15. The predicted octanol–water partition coefficient (Wildman–Crippen LogP) is -0.691. The van der Waals surface area contributed by atoms with Crippen molar-refractivity contribution in [1.82, 2.24) is 4.72 Å². The van der Waals surface area contributed by atoms with Gasteiger partial charge in [0.1, 0.15) is 0 Å². The second kappa shape index (κ2) is 6.71. The van der Waals surface area contributed by atoms with Crippen LogP contribution in [0.3, 0.4) is 0 Å². The molecule has 0 aromatic rings. The van der Waals surface area contributed by atoms with E-state index in [0.29, 0.717) is 12.3 Å². The number of hydrogen-bond acceptors (Lipinski definition) is 4. The summed E-state index contributed by atoms with van der Waals surface area (Å²) in [5.41, 5.74) is 5.23. The van der Waals surface area contributed by atoms with Gasteiger partial charge in [-0.2, -0.15) is 11.8 Å².